The zero-order valence-corrected chi connectivity index (χ0v) is 17.1. The van der Waals surface area contributed by atoms with Crippen LogP contribution in [-0.4, -0.2) is 39.3 Å². The van der Waals surface area contributed by atoms with Gasteiger partial charge in [-0.15, -0.1) is 0 Å². The van der Waals surface area contributed by atoms with E-state index in [4.69, 9.17) is 4.74 Å². The first-order valence-electron chi connectivity index (χ1n) is 8.14. The number of benzene rings is 2. The number of amidine groups is 1. The molecule has 0 atom stereocenters. The number of hydrogen-bond acceptors (Lipinski definition) is 6. The Bertz CT molecular complexity index is 1080. The fraction of sp³-hybridized carbons (Fsp3) is 0.167. The van der Waals surface area contributed by atoms with Gasteiger partial charge in [-0.2, -0.15) is 0 Å². The number of nitrogens with one attached hydrogen (secondary N) is 2. The van der Waals surface area contributed by atoms with Crippen LogP contribution in [0.5, 0.6) is 0 Å². The molecule has 0 unspecified atom stereocenters. The summed E-state index contributed by atoms with van der Waals surface area (Å²) in [6.45, 7) is 0.992. The van der Waals surface area contributed by atoms with Gasteiger partial charge in [-0.3, -0.25) is 19.3 Å². The third-order valence-electron chi connectivity index (χ3n) is 3.83. The monoisotopic (exact) mass is 465 g/mol. The third-order valence-corrected chi connectivity index (χ3v) is 6.12. The van der Waals surface area contributed by atoms with Gasteiger partial charge in [-0.1, -0.05) is 28.1 Å². The number of rotatable bonds is 5. The predicted octanol–water partition coefficient (Wildman–Crippen LogP) is 1.98. The lowest BCUT2D eigenvalue weighted by Gasteiger charge is -2.07. The average Bonchev–Trinajstić information content (AvgIpc) is 2.92. The Kier molecular flexibility index (Phi) is 5.80. The lowest BCUT2D eigenvalue weighted by Crippen LogP contribution is -2.25. The molecule has 0 bridgehead atoms. The van der Waals surface area contributed by atoms with Crippen molar-refractivity contribution in [2.45, 2.75) is 11.8 Å². The van der Waals surface area contributed by atoms with Crippen LogP contribution in [0.2, 0.25) is 0 Å². The van der Waals surface area contributed by atoms with E-state index in [2.05, 4.69) is 31.0 Å². The highest BCUT2D eigenvalue weighted by atomic mass is 79.9. The second-order valence-corrected chi connectivity index (χ2v) is 8.44. The SMILES string of the molecule is Cc1cc(NC(=O)COC(=O)CN=C2NS(=O)(=O)c3ccccc32)ccc1Br. The highest BCUT2D eigenvalue weighted by Gasteiger charge is 2.30. The van der Waals surface area contributed by atoms with Crippen molar-refractivity contribution < 1.29 is 22.7 Å². The molecule has 3 rings (SSSR count). The summed E-state index contributed by atoms with van der Waals surface area (Å²) in [4.78, 5) is 27.8. The number of esters is 1. The Labute approximate surface area is 170 Å². The van der Waals surface area contributed by atoms with Crippen LogP contribution in [0.15, 0.2) is 56.8 Å². The number of ether oxygens (including phenoxy) is 1. The van der Waals surface area contributed by atoms with Crippen molar-refractivity contribution in [3.8, 4) is 0 Å². The number of halogens is 1. The summed E-state index contributed by atoms with van der Waals surface area (Å²) in [7, 11) is -3.67. The van der Waals surface area contributed by atoms with Crippen molar-refractivity contribution in [3.05, 3.63) is 58.1 Å². The Morgan fingerprint density at radius 3 is 2.71 bits per heavy atom. The standard InChI is InChI=1S/C18H16BrN3O5S/c1-11-8-12(6-7-14(11)19)21-16(23)10-27-17(24)9-20-18-13-4-2-3-5-15(13)28(25,26)22-18/h2-8H,9-10H2,1H3,(H,20,22)(H,21,23). The summed E-state index contributed by atoms with van der Waals surface area (Å²) < 4.78 is 32.0. The van der Waals surface area contributed by atoms with Crippen molar-refractivity contribution in [1.29, 1.82) is 0 Å². The molecule has 146 valence electrons. The van der Waals surface area contributed by atoms with E-state index in [1.165, 1.54) is 6.07 Å². The minimum atomic E-state index is -3.67. The van der Waals surface area contributed by atoms with Gasteiger partial charge < -0.3 is 10.1 Å². The summed E-state index contributed by atoms with van der Waals surface area (Å²) in [5.41, 5.74) is 1.92. The van der Waals surface area contributed by atoms with Gasteiger partial charge in [0.1, 0.15) is 12.4 Å². The van der Waals surface area contributed by atoms with E-state index in [-0.39, 0.29) is 10.7 Å². The zero-order chi connectivity index (χ0) is 20.3. The Hall–Kier alpha value is -2.72. The normalized spacial score (nSPS) is 15.6. The highest BCUT2D eigenvalue weighted by molar-refractivity contribution is 9.10. The lowest BCUT2D eigenvalue weighted by atomic mass is 10.2. The molecule has 0 radical (unpaired) electrons. The molecule has 2 aromatic rings. The topological polar surface area (TPSA) is 114 Å². The quantitative estimate of drug-likeness (QED) is 0.655. The number of nitrogens with zero attached hydrogens (tertiary/aromatic N) is 1. The molecule has 2 aromatic carbocycles. The lowest BCUT2D eigenvalue weighted by molar-refractivity contribution is -0.145. The molecular formula is C18H16BrN3O5S. The number of sulfonamides is 1. The molecule has 8 nitrogen and oxygen atoms in total. The maximum Gasteiger partial charge on any atom is 0.328 e. The van der Waals surface area contributed by atoms with Gasteiger partial charge in [0.05, 0.1) is 4.90 Å². The molecule has 0 spiro atoms. The summed E-state index contributed by atoms with van der Waals surface area (Å²) in [6, 6.07) is 11.6. The second-order valence-electron chi connectivity index (χ2n) is 5.94. The molecule has 1 heterocycles. The van der Waals surface area contributed by atoms with Gasteiger partial charge in [0, 0.05) is 15.7 Å². The van der Waals surface area contributed by atoms with E-state index in [0.717, 1.165) is 10.0 Å². The zero-order valence-electron chi connectivity index (χ0n) is 14.7. The molecule has 1 aliphatic heterocycles. The Balaban J connectivity index is 1.54. The Morgan fingerprint density at radius 2 is 1.96 bits per heavy atom. The van der Waals surface area contributed by atoms with Crippen molar-refractivity contribution >= 4 is 49.4 Å². The van der Waals surface area contributed by atoms with Crippen molar-refractivity contribution in [1.82, 2.24) is 4.72 Å². The molecule has 2 N–H and O–H groups in total. The van der Waals surface area contributed by atoms with Crippen LogP contribution >= 0.6 is 15.9 Å². The maximum absolute atomic E-state index is 12.0. The minimum Gasteiger partial charge on any atom is -0.454 e. The van der Waals surface area contributed by atoms with Crippen molar-refractivity contribution in [2.75, 3.05) is 18.5 Å². The fourth-order valence-corrected chi connectivity index (χ4v) is 4.00. The minimum absolute atomic E-state index is 0.0716. The fourth-order valence-electron chi connectivity index (χ4n) is 2.51. The third kappa shape index (κ3) is 4.57. The first-order chi connectivity index (χ1) is 13.3. The van der Waals surface area contributed by atoms with Crippen LogP contribution in [0.25, 0.3) is 0 Å². The van der Waals surface area contributed by atoms with E-state index in [1.807, 2.05) is 6.92 Å². The molecular weight excluding hydrogens is 450 g/mol. The van der Waals surface area contributed by atoms with Crippen molar-refractivity contribution in [3.63, 3.8) is 0 Å². The summed E-state index contributed by atoms with van der Waals surface area (Å²) in [6.07, 6.45) is 0. The number of fused-ring (bicyclic) bond motifs is 1. The number of aliphatic imine (C=N–C) groups is 1. The van der Waals surface area contributed by atoms with Crippen LogP contribution in [0.3, 0.4) is 0 Å². The molecule has 1 aliphatic rings. The van der Waals surface area contributed by atoms with Gasteiger partial charge in [0.2, 0.25) is 0 Å². The van der Waals surface area contributed by atoms with E-state index in [9.17, 15) is 18.0 Å². The number of anilines is 1. The van der Waals surface area contributed by atoms with Crippen LogP contribution in [0.1, 0.15) is 11.1 Å². The molecule has 0 fully saturated rings. The molecule has 0 aliphatic carbocycles. The molecule has 0 saturated heterocycles. The largest absolute Gasteiger partial charge is 0.454 e. The van der Waals surface area contributed by atoms with Crippen LogP contribution in [-0.2, 0) is 24.3 Å². The van der Waals surface area contributed by atoms with E-state index >= 15 is 0 Å². The Morgan fingerprint density at radius 1 is 1.21 bits per heavy atom. The van der Waals surface area contributed by atoms with E-state index < -0.39 is 35.1 Å². The molecule has 28 heavy (non-hydrogen) atoms. The van der Waals surface area contributed by atoms with Crippen LogP contribution in [0, 0.1) is 6.92 Å². The number of carbonyl (C=O) groups is 2. The number of aryl methyl sites for hydroxylation is 1. The van der Waals surface area contributed by atoms with Gasteiger partial charge >= 0.3 is 5.97 Å². The first kappa shape index (κ1) is 20.0. The molecule has 0 saturated carbocycles. The van der Waals surface area contributed by atoms with Gasteiger partial charge in [-0.05, 0) is 42.8 Å². The number of carbonyl (C=O) groups excluding carboxylic acids is 2. The van der Waals surface area contributed by atoms with Gasteiger partial charge in [0.25, 0.3) is 15.9 Å². The second kappa shape index (κ2) is 8.11. The summed E-state index contributed by atoms with van der Waals surface area (Å²) in [5, 5.41) is 2.62. The van der Waals surface area contributed by atoms with Gasteiger partial charge in [-0.25, -0.2) is 8.42 Å². The van der Waals surface area contributed by atoms with E-state index in [1.54, 1.807) is 36.4 Å². The maximum atomic E-state index is 12.0. The highest BCUT2D eigenvalue weighted by Crippen LogP contribution is 2.22. The molecule has 0 aromatic heterocycles. The van der Waals surface area contributed by atoms with Crippen LogP contribution < -0.4 is 10.0 Å². The van der Waals surface area contributed by atoms with Gasteiger partial charge in [0.15, 0.2) is 6.61 Å². The van der Waals surface area contributed by atoms with Crippen molar-refractivity contribution in [2.24, 2.45) is 4.99 Å². The molecule has 10 heteroatoms. The van der Waals surface area contributed by atoms with Crippen LogP contribution in [0.4, 0.5) is 5.69 Å². The number of amides is 1. The smallest absolute Gasteiger partial charge is 0.328 e. The molecule has 1 amide bonds. The predicted molar refractivity (Wildman–Crippen MR) is 107 cm³/mol. The first-order valence-corrected chi connectivity index (χ1v) is 10.4. The van der Waals surface area contributed by atoms with E-state index in [0.29, 0.717) is 11.3 Å². The average molecular weight is 466 g/mol. The summed E-state index contributed by atoms with van der Waals surface area (Å²) >= 11 is 3.37. The summed E-state index contributed by atoms with van der Waals surface area (Å²) in [5.74, 6) is -1.17. The number of hydrogen-bond donors (Lipinski definition) is 2.